The fourth-order valence-electron chi connectivity index (χ4n) is 2.53. The van der Waals surface area contributed by atoms with Crippen LogP contribution in [0.5, 0.6) is 0 Å². The van der Waals surface area contributed by atoms with Crippen LogP contribution in [-0.4, -0.2) is 29.9 Å². The van der Waals surface area contributed by atoms with Gasteiger partial charge in [-0.3, -0.25) is 0 Å². The van der Waals surface area contributed by atoms with Crippen LogP contribution in [0.2, 0.25) is 5.02 Å². The lowest BCUT2D eigenvalue weighted by Crippen LogP contribution is -2.19. The van der Waals surface area contributed by atoms with Crippen molar-refractivity contribution in [3.8, 4) is 0 Å². The van der Waals surface area contributed by atoms with E-state index in [4.69, 9.17) is 21.2 Å². The molecule has 4 nitrogen and oxygen atoms in total. The molecule has 0 unspecified atom stereocenters. The summed E-state index contributed by atoms with van der Waals surface area (Å²) >= 11 is 6.27. The van der Waals surface area contributed by atoms with Gasteiger partial charge in [-0.15, -0.1) is 12.4 Å². The molecular weight excluding hydrogens is 287 g/mol. The van der Waals surface area contributed by atoms with Gasteiger partial charge in [0, 0.05) is 29.1 Å². The zero-order valence-corrected chi connectivity index (χ0v) is 12.0. The van der Waals surface area contributed by atoms with Crippen LogP contribution >= 0.6 is 24.0 Å². The largest absolute Gasteiger partial charge is 0.455 e. The molecule has 0 fully saturated rings. The van der Waals surface area contributed by atoms with Crippen LogP contribution in [0.1, 0.15) is 16.9 Å². The quantitative estimate of drug-likeness (QED) is 0.499. The molecule has 102 valence electrons. The van der Waals surface area contributed by atoms with Crippen molar-refractivity contribution in [2.45, 2.75) is 13.0 Å². The van der Waals surface area contributed by atoms with E-state index < -0.39 is 0 Å². The summed E-state index contributed by atoms with van der Waals surface area (Å²) in [6.07, 6.45) is 2.24. The number of hydrogen-bond acceptors (Lipinski definition) is 4. The Labute approximate surface area is 122 Å². The molecule has 0 bridgehead atoms. The Morgan fingerprint density at radius 2 is 2.21 bits per heavy atom. The Kier molecular flexibility index (Phi) is 4.04. The van der Waals surface area contributed by atoms with Crippen molar-refractivity contribution < 1.29 is 9.62 Å². The summed E-state index contributed by atoms with van der Waals surface area (Å²) in [5.74, 6) is 0.602. The molecular formula is C13H14Cl2N2O2. The first-order chi connectivity index (χ1) is 8.70. The summed E-state index contributed by atoms with van der Waals surface area (Å²) in [5, 5.41) is 13.6. The summed E-state index contributed by atoms with van der Waals surface area (Å²) in [6.45, 7) is 1.71. The third-order valence-electron chi connectivity index (χ3n) is 3.38. The molecule has 1 aromatic carbocycles. The zero-order valence-electron chi connectivity index (χ0n) is 10.4. The Morgan fingerprint density at radius 3 is 2.95 bits per heavy atom. The molecule has 19 heavy (non-hydrogen) atoms. The first kappa shape index (κ1) is 14.2. The van der Waals surface area contributed by atoms with Crippen LogP contribution < -0.4 is 0 Å². The Bertz CT molecular complexity index is 637. The van der Waals surface area contributed by atoms with Crippen molar-refractivity contribution in [2.75, 3.05) is 13.6 Å². The van der Waals surface area contributed by atoms with E-state index in [0.29, 0.717) is 5.76 Å². The number of benzene rings is 1. The molecule has 1 N–H and O–H groups in total. The topological polar surface area (TPSA) is 49.0 Å². The van der Waals surface area contributed by atoms with Crippen molar-refractivity contribution in [3.63, 3.8) is 0 Å². The number of furan rings is 1. The van der Waals surface area contributed by atoms with E-state index in [9.17, 15) is 0 Å². The van der Waals surface area contributed by atoms with Gasteiger partial charge in [0.05, 0.1) is 0 Å². The second-order valence-corrected chi connectivity index (χ2v) is 4.98. The highest BCUT2D eigenvalue weighted by Gasteiger charge is 2.22. The number of rotatable bonds is 1. The van der Waals surface area contributed by atoms with Gasteiger partial charge < -0.3 is 14.5 Å². The molecule has 0 saturated heterocycles. The molecule has 0 atom stereocenters. The van der Waals surface area contributed by atoms with Gasteiger partial charge >= 0.3 is 0 Å². The van der Waals surface area contributed by atoms with Gasteiger partial charge in [0.15, 0.2) is 5.76 Å². The second-order valence-electron chi connectivity index (χ2n) is 4.58. The van der Waals surface area contributed by atoms with E-state index in [0.717, 1.165) is 46.6 Å². The SMILES string of the molecule is CN1CCc2c(Cl)ccc3oc(C=NO)c(c23)C1.Cl. The lowest BCUT2D eigenvalue weighted by molar-refractivity contribution is 0.319. The number of oxime groups is 1. The number of likely N-dealkylation sites (N-methyl/N-ethyl adjacent to an activating group) is 1. The van der Waals surface area contributed by atoms with E-state index in [2.05, 4.69) is 17.1 Å². The molecule has 0 aliphatic carbocycles. The van der Waals surface area contributed by atoms with Gasteiger partial charge in [-0.1, -0.05) is 16.8 Å². The van der Waals surface area contributed by atoms with Crippen LogP contribution in [0.25, 0.3) is 11.0 Å². The molecule has 2 heterocycles. The van der Waals surface area contributed by atoms with Crippen LogP contribution in [0.4, 0.5) is 0 Å². The lowest BCUT2D eigenvalue weighted by Gasteiger charge is -2.12. The average Bonchev–Trinajstić information content (AvgIpc) is 2.56. The van der Waals surface area contributed by atoms with Crippen molar-refractivity contribution >= 4 is 41.2 Å². The monoisotopic (exact) mass is 300 g/mol. The summed E-state index contributed by atoms with van der Waals surface area (Å²) in [4.78, 5) is 2.20. The molecule has 1 aromatic heterocycles. The molecule has 1 aliphatic heterocycles. The maximum Gasteiger partial charge on any atom is 0.154 e. The zero-order chi connectivity index (χ0) is 12.7. The maximum absolute atomic E-state index is 8.71. The van der Waals surface area contributed by atoms with Crippen molar-refractivity contribution in [2.24, 2.45) is 5.16 Å². The fraction of sp³-hybridized carbons (Fsp3) is 0.308. The molecule has 2 aromatic rings. The predicted octanol–water partition coefficient (Wildman–Crippen LogP) is 3.30. The summed E-state index contributed by atoms with van der Waals surface area (Å²) < 4.78 is 5.72. The minimum Gasteiger partial charge on any atom is -0.455 e. The normalized spacial score (nSPS) is 15.7. The number of hydrogen-bond donors (Lipinski definition) is 1. The third-order valence-corrected chi connectivity index (χ3v) is 3.74. The van der Waals surface area contributed by atoms with Crippen LogP contribution in [-0.2, 0) is 13.0 Å². The molecule has 6 heteroatoms. The predicted molar refractivity (Wildman–Crippen MR) is 77.9 cm³/mol. The highest BCUT2D eigenvalue weighted by molar-refractivity contribution is 6.32. The summed E-state index contributed by atoms with van der Waals surface area (Å²) in [6, 6.07) is 3.72. The third kappa shape index (κ3) is 2.31. The Morgan fingerprint density at radius 1 is 1.42 bits per heavy atom. The minimum atomic E-state index is 0. The minimum absolute atomic E-state index is 0. The van der Waals surface area contributed by atoms with Crippen molar-refractivity contribution in [1.29, 1.82) is 0 Å². The fourth-order valence-corrected chi connectivity index (χ4v) is 2.78. The van der Waals surface area contributed by atoms with Gasteiger partial charge in [0.1, 0.15) is 11.8 Å². The highest BCUT2D eigenvalue weighted by Crippen LogP contribution is 2.35. The van der Waals surface area contributed by atoms with Gasteiger partial charge in [-0.05, 0) is 31.2 Å². The molecule has 1 aliphatic rings. The van der Waals surface area contributed by atoms with E-state index in [-0.39, 0.29) is 12.4 Å². The Hall–Kier alpha value is -1.23. The van der Waals surface area contributed by atoms with Crippen molar-refractivity contribution in [3.05, 3.63) is 34.0 Å². The van der Waals surface area contributed by atoms with Gasteiger partial charge in [-0.25, -0.2) is 0 Å². The van der Waals surface area contributed by atoms with Crippen molar-refractivity contribution in [1.82, 2.24) is 4.90 Å². The first-order valence-corrected chi connectivity index (χ1v) is 6.17. The number of halogens is 2. The highest BCUT2D eigenvalue weighted by atomic mass is 35.5. The lowest BCUT2D eigenvalue weighted by atomic mass is 10.0. The first-order valence-electron chi connectivity index (χ1n) is 5.79. The van der Waals surface area contributed by atoms with Gasteiger partial charge in [0.2, 0.25) is 0 Å². The van der Waals surface area contributed by atoms with E-state index in [1.54, 1.807) is 0 Å². The van der Waals surface area contributed by atoms with E-state index in [1.165, 1.54) is 6.21 Å². The number of nitrogens with zero attached hydrogens (tertiary/aromatic N) is 2. The Balaban J connectivity index is 0.00000133. The van der Waals surface area contributed by atoms with Crippen LogP contribution in [0.3, 0.4) is 0 Å². The van der Waals surface area contributed by atoms with Gasteiger partial charge in [-0.2, -0.15) is 0 Å². The van der Waals surface area contributed by atoms with Crippen LogP contribution in [0.15, 0.2) is 21.7 Å². The van der Waals surface area contributed by atoms with Gasteiger partial charge in [0.25, 0.3) is 0 Å². The summed E-state index contributed by atoms with van der Waals surface area (Å²) in [7, 11) is 2.05. The molecule has 0 saturated carbocycles. The summed E-state index contributed by atoms with van der Waals surface area (Å²) in [5.41, 5.74) is 2.96. The molecule has 0 spiro atoms. The average molecular weight is 301 g/mol. The molecule has 0 radical (unpaired) electrons. The van der Waals surface area contributed by atoms with E-state index in [1.807, 2.05) is 12.1 Å². The van der Waals surface area contributed by atoms with Crippen LogP contribution in [0, 0.1) is 0 Å². The molecule has 0 amide bonds. The van der Waals surface area contributed by atoms with E-state index >= 15 is 0 Å². The maximum atomic E-state index is 8.71. The molecule has 3 rings (SSSR count). The standard InChI is InChI=1S/C13H13ClN2O2.ClH/c1-16-5-4-8-10(14)2-3-11-13(8)9(7-16)12(18-11)6-15-17;/h2-3,6,17H,4-5,7H2,1H3;1H. The second kappa shape index (κ2) is 5.41. The smallest absolute Gasteiger partial charge is 0.154 e.